The van der Waals surface area contributed by atoms with Crippen LogP contribution in [0.1, 0.15) is 0 Å². The van der Waals surface area contributed by atoms with Crippen molar-refractivity contribution in [3.63, 3.8) is 0 Å². The maximum atomic E-state index is 13.4. The van der Waals surface area contributed by atoms with Crippen LogP contribution in [0.2, 0.25) is 0 Å². The van der Waals surface area contributed by atoms with Crippen LogP contribution < -0.4 is 14.5 Å². The highest BCUT2D eigenvalue weighted by Crippen LogP contribution is 2.39. The van der Waals surface area contributed by atoms with Gasteiger partial charge in [0.25, 0.3) is 0 Å². The predicted molar refractivity (Wildman–Crippen MR) is 128 cm³/mol. The minimum atomic E-state index is -1.99. The van der Waals surface area contributed by atoms with Crippen LogP contribution in [-0.2, 0) is 11.1 Å². The zero-order chi connectivity index (χ0) is 21.5. The summed E-state index contributed by atoms with van der Waals surface area (Å²) in [7, 11) is 3.94. The predicted octanol–water partition coefficient (Wildman–Crippen LogP) is 5.08. The number of benzene rings is 4. The summed E-state index contributed by atoms with van der Waals surface area (Å²) in [6, 6.07) is 22.2. The quantitative estimate of drug-likeness (QED) is 0.285. The lowest BCUT2D eigenvalue weighted by atomic mass is 10.1. The summed E-state index contributed by atoms with van der Waals surface area (Å²) in [6.45, 7) is 0. The molecule has 1 unspecified atom stereocenters. The summed E-state index contributed by atoms with van der Waals surface area (Å²) >= 11 is -0.571. The Bertz CT molecular complexity index is 1480. The van der Waals surface area contributed by atoms with Crippen molar-refractivity contribution in [1.82, 2.24) is 4.98 Å². The first kappa shape index (κ1) is 19.7. The number of hydrogen-bond donors (Lipinski definition) is 0. The van der Waals surface area contributed by atoms with Crippen LogP contribution in [0.5, 0.6) is 5.75 Å². The number of hydrogen-bond acceptors (Lipinski definition) is 6. The van der Waals surface area contributed by atoms with Crippen molar-refractivity contribution >= 4 is 49.1 Å². The van der Waals surface area contributed by atoms with Crippen molar-refractivity contribution in [1.29, 1.82) is 0 Å². The van der Waals surface area contributed by atoms with E-state index in [2.05, 4.69) is 0 Å². The first-order valence-electron chi connectivity index (χ1n) is 9.65. The maximum Gasteiger partial charge on any atom is 0.246 e. The Balaban J connectivity index is 1.82. The molecule has 1 atom stereocenters. The van der Waals surface area contributed by atoms with E-state index >= 15 is 0 Å². The molecule has 2 aliphatic rings. The summed E-state index contributed by atoms with van der Waals surface area (Å²) in [5.41, 5.74) is 2.22. The van der Waals surface area contributed by atoms with E-state index in [1.54, 1.807) is 36.4 Å². The monoisotopic (exact) mass is 446 g/mol. The number of aromatic nitrogens is 1. The smallest absolute Gasteiger partial charge is 0.246 e. The highest BCUT2D eigenvalue weighted by molar-refractivity contribution is 7.81. The minimum Gasteiger partial charge on any atom is -0.397 e. The average molecular weight is 447 g/mol. The van der Waals surface area contributed by atoms with Gasteiger partial charge in [0, 0.05) is 30.6 Å². The van der Waals surface area contributed by atoms with Crippen molar-refractivity contribution < 1.29 is 8.39 Å². The van der Waals surface area contributed by atoms with E-state index in [0.717, 1.165) is 21.3 Å². The zero-order valence-corrected chi connectivity index (χ0v) is 18.5. The normalized spacial score (nSPS) is 12.3. The average Bonchev–Trinajstić information content (AvgIpc) is 2.78. The second kappa shape index (κ2) is 7.76. The fourth-order valence-corrected chi connectivity index (χ4v) is 5.75. The number of para-hydroxylation sites is 1. The van der Waals surface area contributed by atoms with E-state index in [4.69, 9.17) is 9.17 Å². The number of anilines is 1. The standard InChI is InChI=1S/C24H18N2O3S2/c1-26(2)15-12-13-19-20(14-15)30-23-21(25-19)17-10-6-7-11-18(17)22(27)24(23)31(28)29-16-8-4-3-5-9-16/h3-14H,1-2H3. The number of fused-ring (bicyclic) bond motifs is 4. The molecule has 0 saturated carbocycles. The first-order chi connectivity index (χ1) is 15.0. The van der Waals surface area contributed by atoms with Gasteiger partial charge >= 0.3 is 0 Å². The molecule has 0 N–H and O–H groups in total. The SMILES string of the molecule is CN(C)c1ccc2nc3c4ccccc4c(=O)c(S(=O)Oc4ccccc4)c-3sc2c1. The molecule has 5 nitrogen and oxygen atoms in total. The van der Waals surface area contributed by atoms with Crippen LogP contribution in [-0.4, -0.2) is 23.3 Å². The third-order valence-corrected chi connectivity index (χ3v) is 7.38. The van der Waals surface area contributed by atoms with Crippen molar-refractivity contribution in [3.8, 4) is 16.3 Å². The van der Waals surface area contributed by atoms with Gasteiger partial charge in [0.15, 0.2) is 0 Å². The fraction of sp³-hybridized carbons (Fsp3) is 0.0833. The lowest BCUT2D eigenvalue weighted by Crippen LogP contribution is -2.17. The van der Waals surface area contributed by atoms with Crippen molar-refractivity contribution in [3.05, 3.63) is 83.0 Å². The van der Waals surface area contributed by atoms with Gasteiger partial charge in [0.2, 0.25) is 16.5 Å². The fourth-order valence-electron chi connectivity index (χ4n) is 3.49. The molecule has 1 aliphatic carbocycles. The van der Waals surface area contributed by atoms with Gasteiger partial charge in [0.1, 0.15) is 10.6 Å². The van der Waals surface area contributed by atoms with Crippen LogP contribution in [0.4, 0.5) is 5.69 Å². The third-order valence-electron chi connectivity index (χ3n) is 5.04. The minimum absolute atomic E-state index is 0.132. The van der Waals surface area contributed by atoms with Crippen LogP contribution in [0.15, 0.2) is 82.5 Å². The summed E-state index contributed by atoms with van der Waals surface area (Å²) in [5.74, 6) is 0.440. The second-order valence-electron chi connectivity index (χ2n) is 7.27. The Labute approximate surface area is 185 Å². The van der Waals surface area contributed by atoms with E-state index in [-0.39, 0.29) is 10.3 Å². The molecule has 0 spiro atoms. The molecule has 3 aromatic rings. The van der Waals surface area contributed by atoms with Gasteiger partial charge in [-0.2, -0.15) is 0 Å². The van der Waals surface area contributed by atoms with Crippen LogP contribution in [0.25, 0.3) is 31.6 Å². The second-order valence-corrected chi connectivity index (χ2v) is 9.37. The van der Waals surface area contributed by atoms with Crippen LogP contribution >= 0.6 is 11.3 Å². The van der Waals surface area contributed by atoms with Crippen molar-refractivity contribution in [2.75, 3.05) is 19.0 Å². The number of nitrogens with zero attached hydrogens (tertiary/aromatic N) is 2. The highest BCUT2D eigenvalue weighted by Gasteiger charge is 2.26. The third kappa shape index (κ3) is 3.45. The molecule has 154 valence electrons. The molecule has 0 aromatic heterocycles. The molecule has 0 fully saturated rings. The largest absolute Gasteiger partial charge is 0.397 e. The summed E-state index contributed by atoms with van der Waals surface area (Å²) in [5, 5.41) is 1.23. The molecule has 3 aromatic carbocycles. The number of rotatable bonds is 4. The highest BCUT2D eigenvalue weighted by atomic mass is 32.2. The molecule has 0 bridgehead atoms. The Hall–Kier alpha value is -3.29. The van der Waals surface area contributed by atoms with Gasteiger partial charge in [-0.3, -0.25) is 4.79 Å². The Morgan fingerprint density at radius 3 is 2.39 bits per heavy atom. The van der Waals surface area contributed by atoms with E-state index in [9.17, 15) is 9.00 Å². The molecule has 1 aliphatic heterocycles. The van der Waals surface area contributed by atoms with Gasteiger partial charge in [0.05, 0.1) is 20.8 Å². The summed E-state index contributed by atoms with van der Waals surface area (Å²) < 4.78 is 19.8. The molecule has 1 heterocycles. The molecular formula is C24H18N2O3S2. The topological polar surface area (TPSA) is 59.5 Å². The Kier molecular flexibility index (Phi) is 4.92. The Morgan fingerprint density at radius 2 is 1.65 bits per heavy atom. The lowest BCUT2D eigenvalue weighted by Gasteiger charge is -2.16. The van der Waals surface area contributed by atoms with Gasteiger partial charge in [-0.05, 0) is 30.3 Å². The summed E-state index contributed by atoms with van der Waals surface area (Å²) in [6.07, 6.45) is 0. The van der Waals surface area contributed by atoms with Gasteiger partial charge in [-0.1, -0.05) is 42.5 Å². The van der Waals surface area contributed by atoms with Crippen molar-refractivity contribution in [2.24, 2.45) is 0 Å². The van der Waals surface area contributed by atoms with Gasteiger partial charge in [-0.15, -0.1) is 11.3 Å². The van der Waals surface area contributed by atoms with Crippen LogP contribution in [0, 0.1) is 0 Å². The molecular weight excluding hydrogens is 428 g/mol. The zero-order valence-electron chi connectivity index (χ0n) is 16.9. The molecule has 5 rings (SSSR count). The molecule has 0 saturated heterocycles. The Morgan fingerprint density at radius 1 is 0.935 bits per heavy atom. The first-order valence-corrected chi connectivity index (χ1v) is 11.5. The molecule has 0 amide bonds. The van der Waals surface area contributed by atoms with Gasteiger partial charge < -0.3 is 9.08 Å². The molecule has 31 heavy (non-hydrogen) atoms. The van der Waals surface area contributed by atoms with E-state index in [1.807, 2.05) is 55.4 Å². The maximum absolute atomic E-state index is 13.4. The summed E-state index contributed by atoms with van der Waals surface area (Å²) in [4.78, 5) is 21.0. The van der Waals surface area contributed by atoms with E-state index in [0.29, 0.717) is 21.7 Å². The van der Waals surface area contributed by atoms with Gasteiger partial charge in [-0.25, -0.2) is 9.19 Å². The van der Waals surface area contributed by atoms with E-state index in [1.165, 1.54) is 11.3 Å². The van der Waals surface area contributed by atoms with Crippen molar-refractivity contribution in [2.45, 2.75) is 4.90 Å². The van der Waals surface area contributed by atoms with Crippen LogP contribution in [0.3, 0.4) is 0 Å². The molecule has 7 heteroatoms. The lowest BCUT2D eigenvalue weighted by molar-refractivity contribution is 0.562. The molecule has 0 radical (unpaired) electrons. The van der Waals surface area contributed by atoms with E-state index < -0.39 is 11.1 Å².